The van der Waals surface area contributed by atoms with Crippen LogP contribution in [0.25, 0.3) is 0 Å². The van der Waals surface area contributed by atoms with E-state index in [1.807, 2.05) is 25.9 Å². The third-order valence-corrected chi connectivity index (χ3v) is 4.28. The quantitative estimate of drug-likeness (QED) is 0.614. The standard InChI is InChI=1S/C11H23N5O2S/c1-9(5-6-16(3)4)15-19(17,18)11-10(7-12-2)8-13-14-11/h8-9,12,15H,5-7H2,1-4H3,(H,13,14). The zero-order chi connectivity index (χ0) is 14.5. The molecule has 0 aliphatic heterocycles. The summed E-state index contributed by atoms with van der Waals surface area (Å²) in [6.45, 7) is 3.14. The zero-order valence-electron chi connectivity index (χ0n) is 11.9. The Morgan fingerprint density at radius 1 is 1.47 bits per heavy atom. The van der Waals surface area contributed by atoms with E-state index in [2.05, 4.69) is 20.2 Å². The molecule has 1 aromatic heterocycles. The van der Waals surface area contributed by atoms with Gasteiger partial charge in [-0.2, -0.15) is 5.10 Å². The molecule has 1 heterocycles. The van der Waals surface area contributed by atoms with Gasteiger partial charge in [0.05, 0.1) is 6.20 Å². The van der Waals surface area contributed by atoms with Gasteiger partial charge in [0.2, 0.25) is 0 Å². The van der Waals surface area contributed by atoms with Crippen LogP contribution in [0, 0.1) is 0 Å². The molecule has 0 aromatic carbocycles. The molecule has 0 saturated carbocycles. The molecule has 8 heteroatoms. The van der Waals surface area contributed by atoms with Crippen LogP contribution < -0.4 is 10.0 Å². The fraction of sp³-hybridized carbons (Fsp3) is 0.727. The smallest absolute Gasteiger partial charge is 0.258 e. The molecule has 7 nitrogen and oxygen atoms in total. The lowest BCUT2D eigenvalue weighted by Gasteiger charge is -2.16. The lowest BCUT2D eigenvalue weighted by atomic mass is 10.2. The van der Waals surface area contributed by atoms with Gasteiger partial charge in [-0.1, -0.05) is 0 Å². The summed E-state index contributed by atoms with van der Waals surface area (Å²) in [5.41, 5.74) is 0.634. The summed E-state index contributed by atoms with van der Waals surface area (Å²) < 4.78 is 27.1. The first-order valence-electron chi connectivity index (χ1n) is 6.20. The topological polar surface area (TPSA) is 90.1 Å². The van der Waals surface area contributed by atoms with Gasteiger partial charge in [0.15, 0.2) is 5.03 Å². The lowest BCUT2D eigenvalue weighted by molar-refractivity contribution is 0.378. The molecule has 0 radical (unpaired) electrons. The molecule has 1 rings (SSSR count). The van der Waals surface area contributed by atoms with Crippen molar-refractivity contribution in [2.45, 2.75) is 31.0 Å². The third-order valence-electron chi connectivity index (χ3n) is 2.68. The molecular formula is C11H23N5O2S. The van der Waals surface area contributed by atoms with Crippen molar-refractivity contribution in [3.8, 4) is 0 Å². The molecule has 0 aliphatic rings. The van der Waals surface area contributed by atoms with Crippen LogP contribution in [0.1, 0.15) is 18.9 Å². The van der Waals surface area contributed by atoms with Crippen molar-refractivity contribution in [2.75, 3.05) is 27.7 Å². The largest absolute Gasteiger partial charge is 0.316 e. The van der Waals surface area contributed by atoms with E-state index in [9.17, 15) is 8.42 Å². The van der Waals surface area contributed by atoms with E-state index in [0.29, 0.717) is 12.1 Å². The summed E-state index contributed by atoms with van der Waals surface area (Å²) >= 11 is 0. The second-order valence-electron chi connectivity index (χ2n) is 4.87. The summed E-state index contributed by atoms with van der Waals surface area (Å²) in [7, 11) is 2.14. The van der Waals surface area contributed by atoms with Gasteiger partial charge in [-0.25, -0.2) is 13.1 Å². The van der Waals surface area contributed by atoms with Crippen molar-refractivity contribution in [1.82, 2.24) is 25.1 Å². The number of rotatable bonds is 8. The second kappa shape index (κ2) is 6.99. The fourth-order valence-corrected chi connectivity index (χ4v) is 3.09. The average Bonchev–Trinajstić information content (AvgIpc) is 2.75. The minimum absolute atomic E-state index is 0.127. The number of nitrogens with zero attached hydrogens (tertiary/aromatic N) is 2. The Kier molecular flexibility index (Phi) is 5.92. The number of nitrogens with one attached hydrogen (secondary N) is 3. The molecule has 0 amide bonds. The van der Waals surface area contributed by atoms with Crippen molar-refractivity contribution in [1.29, 1.82) is 0 Å². The SMILES string of the molecule is CNCc1cn[nH]c1S(=O)(=O)NC(C)CCN(C)C. The van der Waals surface area contributed by atoms with Gasteiger partial charge in [-0.3, -0.25) is 5.10 Å². The van der Waals surface area contributed by atoms with E-state index in [4.69, 9.17) is 0 Å². The molecule has 0 spiro atoms. The molecule has 3 N–H and O–H groups in total. The molecule has 1 unspecified atom stereocenters. The predicted octanol–water partition coefficient (Wildman–Crippen LogP) is -0.252. The summed E-state index contributed by atoms with van der Waals surface area (Å²) in [6, 6.07) is -0.127. The number of sulfonamides is 1. The first kappa shape index (κ1) is 16.1. The van der Waals surface area contributed by atoms with Crippen molar-refractivity contribution in [3.63, 3.8) is 0 Å². The van der Waals surface area contributed by atoms with Crippen molar-refractivity contribution < 1.29 is 8.42 Å². The molecular weight excluding hydrogens is 266 g/mol. The van der Waals surface area contributed by atoms with Crippen LogP contribution in [0.3, 0.4) is 0 Å². The van der Waals surface area contributed by atoms with E-state index < -0.39 is 10.0 Å². The maximum atomic E-state index is 12.2. The summed E-state index contributed by atoms with van der Waals surface area (Å²) in [5, 5.41) is 9.40. The summed E-state index contributed by atoms with van der Waals surface area (Å²) in [6.07, 6.45) is 2.28. The highest BCUT2D eigenvalue weighted by Gasteiger charge is 2.22. The molecule has 1 atom stereocenters. The maximum absolute atomic E-state index is 12.2. The van der Waals surface area contributed by atoms with Crippen LogP contribution in [0.4, 0.5) is 0 Å². The highest BCUT2D eigenvalue weighted by atomic mass is 32.2. The van der Waals surface area contributed by atoms with E-state index in [1.165, 1.54) is 6.20 Å². The van der Waals surface area contributed by atoms with E-state index in [1.54, 1.807) is 7.05 Å². The number of H-pyrrole nitrogens is 1. The lowest BCUT2D eigenvalue weighted by Crippen LogP contribution is -2.35. The monoisotopic (exact) mass is 289 g/mol. The van der Waals surface area contributed by atoms with Gasteiger partial charge in [0.1, 0.15) is 0 Å². The molecule has 0 saturated heterocycles. The first-order chi connectivity index (χ1) is 8.86. The number of hydrogen-bond donors (Lipinski definition) is 3. The Labute approximate surface area is 114 Å². The third kappa shape index (κ3) is 4.90. The van der Waals surface area contributed by atoms with Crippen LogP contribution in [0.2, 0.25) is 0 Å². The number of aromatic nitrogens is 2. The molecule has 19 heavy (non-hydrogen) atoms. The van der Waals surface area contributed by atoms with Crippen LogP contribution in [0.15, 0.2) is 11.2 Å². The van der Waals surface area contributed by atoms with Gasteiger partial charge in [0.25, 0.3) is 10.0 Å². The minimum Gasteiger partial charge on any atom is -0.316 e. The Morgan fingerprint density at radius 2 is 2.16 bits per heavy atom. The first-order valence-corrected chi connectivity index (χ1v) is 7.69. The maximum Gasteiger partial charge on any atom is 0.258 e. The van der Waals surface area contributed by atoms with Gasteiger partial charge < -0.3 is 10.2 Å². The number of aromatic amines is 1. The van der Waals surface area contributed by atoms with E-state index in [-0.39, 0.29) is 11.1 Å². The normalized spacial score (nSPS) is 13.9. The second-order valence-corrected chi connectivity index (χ2v) is 6.52. The summed E-state index contributed by atoms with van der Waals surface area (Å²) in [4.78, 5) is 2.02. The fourth-order valence-electron chi connectivity index (χ4n) is 1.68. The van der Waals surface area contributed by atoms with Crippen LogP contribution >= 0.6 is 0 Å². The average molecular weight is 289 g/mol. The van der Waals surface area contributed by atoms with E-state index >= 15 is 0 Å². The molecule has 1 aromatic rings. The van der Waals surface area contributed by atoms with Crippen molar-refractivity contribution in [3.05, 3.63) is 11.8 Å². The van der Waals surface area contributed by atoms with Gasteiger partial charge >= 0.3 is 0 Å². The van der Waals surface area contributed by atoms with Gasteiger partial charge in [-0.05, 0) is 41.0 Å². The van der Waals surface area contributed by atoms with E-state index in [0.717, 1.165) is 13.0 Å². The molecule has 0 aliphatic carbocycles. The molecule has 110 valence electrons. The van der Waals surface area contributed by atoms with Crippen LogP contribution in [-0.4, -0.2) is 57.2 Å². The zero-order valence-corrected chi connectivity index (χ0v) is 12.7. The van der Waals surface area contributed by atoms with Crippen molar-refractivity contribution in [2.24, 2.45) is 0 Å². The predicted molar refractivity (Wildman–Crippen MR) is 74.3 cm³/mol. The highest BCUT2D eigenvalue weighted by Crippen LogP contribution is 2.12. The van der Waals surface area contributed by atoms with Gasteiger partial charge in [-0.15, -0.1) is 0 Å². The Morgan fingerprint density at radius 3 is 2.74 bits per heavy atom. The number of hydrogen-bond acceptors (Lipinski definition) is 5. The van der Waals surface area contributed by atoms with Gasteiger partial charge in [0, 0.05) is 18.2 Å². The Bertz CT molecular complexity index is 483. The highest BCUT2D eigenvalue weighted by molar-refractivity contribution is 7.89. The molecule has 0 fully saturated rings. The van der Waals surface area contributed by atoms with Crippen LogP contribution in [-0.2, 0) is 16.6 Å². The van der Waals surface area contributed by atoms with Crippen LogP contribution in [0.5, 0.6) is 0 Å². The van der Waals surface area contributed by atoms with Crippen molar-refractivity contribution >= 4 is 10.0 Å². The Hall–Kier alpha value is -0.960. The minimum atomic E-state index is -3.54. The Balaban J connectivity index is 2.72. The molecule has 0 bridgehead atoms. The summed E-state index contributed by atoms with van der Waals surface area (Å²) in [5.74, 6) is 0.